The first-order valence-electron chi connectivity index (χ1n) is 8.09. The minimum atomic E-state index is -0.331. The van der Waals surface area contributed by atoms with Gasteiger partial charge in [0.2, 0.25) is 11.8 Å². The fourth-order valence-electron chi connectivity index (χ4n) is 2.85. The number of methoxy groups -OCH3 is 1. The quantitative estimate of drug-likeness (QED) is 0.870. The van der Waals surface area contributed by atoms with Crippen molar-refractivity contribution in [1.82, 2.24) is 0 Å². The van der Waals surface area contributed by atoms with E-state index >= 15 is 0 Å². The van der Waals surface area contributed by atoms with Crippen molar-refractivity contribution >= 4 is 35.0 Å². The Morgan fingerprint density at radius 3 is 2.73 bits per heavy atom. The molecule has 1 atom stereocenters. The molecule has 2 aromatic rings. The summed E-state index contributed by atoms with van der Waals surface area (Å²) in [4.78, 5) is 25.6. The van der Waals surface area contributed by atoms with Gasteiger partial charge < -0.3 is 10.1 Å². The summed E-state index contributed by atoms with van der Waals surface area (Å²) < 4.78 is 18.7. The average molecular weight is 374 g/mol. The maximum Gasteiger partial charge on any atom is 0.250 e. The number of thioether (sulfide) groups is 1. The molecule has 2 aromatic carbocycles. The molecule has 136 valence electrons. The van der Waals surface area contributed by atoms with Crippen molar-refractivity contribution in [1.29, 1.82) is 0 Å². The molecule has 1 aliphatic heterocycles. The standard InChI is InChI=1S/C19H19FN2O3S/c1-12-15(20)4-3-5-16(12)22-18(24)11-26-19(22)13-6-8-14(9-7-13)21-17(23)10-25-2/h3-9,19H,10-11H2,1-2H3,(H,21,23)/t19-/m1/s1. The van der Waals surface area contributed by atoms with Crippen LogP contribution >= 0.6 is 11.8 Å². The van der Waals surface area contributed by atoms with E-state index < -0.39 is 0 Å². The number of nitrogens with one attached hydrogen (secondary N) is 1. The lowest BCUT2D eigenvalue weighted by Crippen LogP contribution is -2.28. The molecule has 0 unspecified atom stereocenters. The van der Waals surface area contributed by atoms with Crippen LogP contribution in [0.25, 0.3) is 0 Å². The van der Waals surface area contributed by atoms with Crippen LogP contribution in [0, 0.1) is 12.7 Å². The molecule has 1 fully saturated rings. The SMILES string of the molecule is COCC(=O)Nc1ccc([C@H]2SCC(=O)N2c2cccc(F)c2C)cc1. The van der Waals surface area contributed by atoms with E-state index in [9.17, 15) is 14.0 Å². The second-order valence-corrected chi connectivity index (χ2v) is 6.98. The van der Waals surface area contributed by atoms with E-state index in [1.165, 1.54) is 24.9 Å². The molecule has 0 bridgehead atoms. The number of benzene rings is 2. The van der Waals surface area contributed by atoms with Crippen LogP contribution in [-0.4, -0.2) is 31.3 Å². The van der Waals surface area contributed by atoms with E-state index in [0.717, 1.165) is 5.56 Å². The summed E-state index contributed by atoms with van der Waals surface area (Å²) in [6.07, 6.45) is 0. The van der Waals surface area contributed by atoms with Gasteiger partial charge in [-0.25, -0.2) is 4.39 Å². The number of nitrogens with zero attached hydrogens (tertiary/aromatic N) is 1. The number of ether oxygens (including phenoxy) is 1. The van der Waals surface area contributed by atoms with Crippen molar-refractivity contribution in [3.63, 3.8) is 0 Å². The van der Waals surface area contributed by atoms with Crippen molar-refractivity contribution in [2.24, 2.45) is 0 Å². The van der Waals surface area contributed by atoms with Crippen LogP contribution in [0.5, 0.6) is 0 Å². The zero-order valence-corrected chi connectivity index (χ0v) is 15.3. The monoisotopic (exact) mass is 374 g/mol. The molecule has 1 aliphatic rings. The molecule has 5 nitrogen and oxygen atoms in total. The van der Waals surface area contributed by atoms with E-state index in [4.69, 9.17) is 4.74 Å². The molecule has 0 aliphatic carbocycles. The Labute approximate surface area is 155 Å². The van der Waals surface area contributed by atoms with Crippen molar-refractivity contribution < 1.29 is 18.7 Å². The Balaban J connectivity index is 1.84. The highest BCUT2D eigenvalue weighted by atomic mass is 32.2. The van der Waals surface area contributed by atoms with Gasteiger partial charge >= 0.3 is 0 Å². The molecule has 0 radical (unpaired) electrons. The minimum Gasteiger partial charge on any atom is -0.375 e. The predicted molar refractivity (Wildman–Crippen MR) is 101 cm³/mol. The minimum absolute atomic E-state index is 0.0125. The van der Waals surface area contributed by atoms with Gasteiger partial charge in [-0.2, -0.15) is 0 Å². The third-order valence-electron chi connectivity index (χ3n) is 4.12. The molecular formula is C19H19FN2O3S. The fourth-order valence-corrected chi connectivity index (χ4v) is 4.02. The van der Waals surface area contributed by atoms with E-state index in [1.54, 1.807) is 36.1 Å². The first-order valence-corrected chi connectivity index (χ1v) is 9.13. The lowest BCUT2D eigenvalue weighted by atomic mass is 10.1. The van der Waals surface area contributed by atoms with Gasteiger partial charge in [0, 0.05) is 18.4 Å². The van der Waals surface area contributed by atoms with Gasteiger partial charge in [0.15, 0.2) is 0 Å². The Hall–Kier alpha value is -2.38. The molecular weight excluding hydrogens is 355 g/mol. The lowest BCUT2D eigenvalue weighted by molar-refractivity contribution is -0.119. The fraction of sp³-hybridized carbons (Fsp3) is 0.263. The van der Waals surface area contributed by atoms with Gasteiger partial charge in [-0.3, -0.25) is 14.5 Å². The highest BCUT2D eigenvalue weighted by Gasteiger charge is 2.35. The normalized spacial score (nSPS) is 16.8. The van der Waals surface area contributed by atoms with E-state index in [0.29, 0.717) is 22.7 Å². The Morgan fingerprint density at radius 2 is 2.04 bits per heavy atom. The van der Waals surface area contributed by atoms with Gasteiger partial charge in [-0.1, -0.05) is 18.2 Å². The molecule has 1 saturated heterocycles. The number of carbonyl (C=O) groups is 2. The number of hydrogen-bond donors (Lipinski definition) is 1. The van der Waals surface area contributed by atoms with Crippen LogP contribution < -0.4 is 10.2 Å². The van der Waals surface area contributed by atoms with Crippen LogP contribution in [0.2, 0.25) is 0 Å². The topological polar surface area (TPSA) is 58.6 Å². The van der Waals surface area contributed by atoms with E-state index in [1.807, 2.05) is 12.1 Å². The van der Waals surface area contributed by atoms with Crippen LogP contribution in [-0.2, 0) is 14.3 Å². The highest BCUT2D eigenvalue weighted by Crippen LogP contribution is 2.43. The summed E-state index contributed by atoms with van der Waals surface area (Å²) in [6.45, 7) is 1.66. The van der Waals surface area contributed by atoms with Gasteiger partial charge in [0.05, 0.1) is 11.4 Å². The summed E-state index contributed by atoms with van der Waals surface area (Å²) in [5.41, 5.74) is 2.60. The number of rotatable bonds is 5. The first kappa shape index (κ1) is 18.4. The summed E-state index contributed by atoms with van der Waals surface area (Å²) >= 11 is 1.50. The number of carbonyl (C=O) groups excluding carboxylic acids is 2. The molecule has 26 heavy (non-hydrogen) atoms. The first-order chi connectivity index (χ1) is 12.5. The maximum absolute atomic E-state index is 13.9. The second kappa shape index (κ2) is 7.88. The van der Waals surface area contributed by atoms with Gasteiger partial charge in [0.25, 0.3) is 0 Å². The number of anilines is 2. The zero-order valence-electron chi connectivity index (χ0n) is 14.5. The van der Waals surface area contributed by atoms with E-state index in [-0.39, 0.29) is 29.6 Å². The molecule has 0 aromatic heterocycles. The van der Waals surface area contributed by atoms with Crippen LogP contribution in [0.15, 0.2) is 42.5 Å². The zero-order chi connectivity index (χ0) is 18.7. The van der Waals surface area contributed by atoms with Gasteiger partial charge in [-0.15, -0.1) is 11.8 Å². The molecule has 7 heteroatoms. The van der Waals surface area contributed by atoms with Crippen LogP contribution in [0.3, 0.4) is 0 Å². The molecule has 0 spiro atoms. The Morgan fingerprint density at radius 1 is 1.31 bits per heavy atom. The van der Waals surface area contributed by atoms with Crippen molar-refractivity contribution in [3.8, 4) is 0 Å². The van der Waals surface area contributed by atoms with Gasteiger partial charge in [0.1, 0.15) is 17.8 Å². The number of hydrogen-bond acceptors (Lipinski definition) is 4. The molecule has 2 amide bonds. The van der Waals surface area contributed by atoms with Crippen molar-refractivity contribution in [2.45, 2.75) is 12.3 Å². The smallest absolute Gasteiger partial charge is 0.250 e. The Kier molecular flexibility index (Phi) is 5.58. The predicted octanol–water partition coefficient (Wildman–Crippen LogP) is 3.50. The summed E-state index contributed by atoms with van der Waals surface area (Å²) in [7, 11) is 1.46. The summed E-state index contributed by atoms with van der Waals surface area (Å²) in [6, 6.07) is 12.0. The molecule has 1 N–H and O–H groups in total. The molecule has 3 rings (SSSR count). The van der Waals surface area contributed by atoms with E-state index in [2.05, 4.69) is 5.32 Å². The average Bonchev–Trinajstić information content (AvgIpc) is 3.00. The van der Waals surface area contributed by atoms with Crippen LogP contribution in [0.1, 0.15) is 16.5 Å². The Bertz CT molecular complexity index is 826. The summed E-state index contributed by atoms with van der Waals surface area (Å²) in [5, 5.41) is 2.50. The number of halogens is 1. The maximum atomic E-state index is 13.9. The molecule has 1 heterocycles. The lowest BCUT2D eigenvalue weighted by Gasteiger charge is -2.26. The second-order valence-electron chi connectivity index (χ2n) is 5.91. The van der Waals surface area contributed by atoms with Gasteiger partial charge in [-0.05, 0) is 36.8 Å². The summed E-state index contributed by atoms with van der Waals surface area (Å²) in [5.74, 6) is -0.275. The van der Waals surface area contributed by atoms with Crippen molar-refractivity contribution in [2.75, 3.05) is 29.7 Å². The third kappa shape index (κ3) is 3.73. The third-order valence-corrected chi connectivity index (χ3v) is 5.33. The highest BCUT2D eigenvalue weighted by molar-refractivity contribution is 8.00. The van der Waals surface area contributed by atoms with Crippen molar-refractivity contribution in [3.05, 3.63) is 59.4 Å². The largest absolute Gasteiger partial charge is 0.375 e. The van der Waals surface area contributed by atoms with Crippen LogP contribution in [0.4, 0.5) is 15.8 Å². The molecule has 0 saturated carbocycles. The number of amides is 2.